The fourth-order valence-electron chi connectivity index (χ4n) is 7.56. The number of hydrogen-bond donors (Lipinski definition) is 0. The van der Waals surface area contributed by atoms with E-state index in [1.165, 1.54) is 0 Å². The standard InChI is InChI=1S/C48H28N4O2/c1-3-12-30(13-4-1)44-43-37-28-33(26-27-40(37)54-45(43)34-16-7-9-19-38(34)49-44)29-22-24-32(25-23-29)47-50-46(31-14-5-2-6-15-31)51-48(52-47)36-18-11-21-41-42(36)35-17-8-10-20-39(35)53-41/h1-28H. The van der Waals surface area contributed by atoms with E-state index >= 15 is 0 Å². The van der Waals surface area contributed by atoms with Gasteiger partial charge in [0.05, 0.1) is 16.6 Å². The molecular formula is C48H28N4O2. The zero-order valence-electron chi connectivity index (χ0n) is 28.8. The largest absolute Gasteiger partial charge is 0.456 e. The molecule has 0 amide bonds. The molecule has 54 heavy (non-hydrogen) atoms. The fraction of sp³-hybridized carbons (Fsp3) is 0. The number of fused-ring (bicyclic) bond motifs is 8. The van der Waals surface area contributed by atoms with Crippen molar-refractivity contribution in [2.24, 2.45) is 0 Å². The number of aromatic nitrogens is 4. The highest BCUT2D eigenvalue weighted by atomic mass is 16.3. The maximum atomic E-state index is 6.57. The Morgan fingerprint density at radius 2 is 0.926 bits per heavy atom. The molecular weight excluding hydrogens is 665 g/mol. The molecule has 0 fully saturated rings. The summed E-state index contributed by atoms with van der Waals surface area (Å²) < 4.78 is 12.8. The summed E-state index contributed by atoms with van der Waals surface area (Å²) in [5.41, 5.74) is 11.0. The lowest BCUT2D eigenvalue weighted by atomic mass is 9.99. The Bertz CT molecular complexity index is 3200. The van der Waals surface area contributed by atoms with Crippen LogP contribution in [0.2, 0.25) is 0 Å². The van der Waals surface area contributed by atoms with Crippen molar-refractivity contribution in [1.29, 1.82) is 0 Å². The number of furan rings is 2. The van der Waals surface area contributed by atoms with Crippen LogP contribution >= 0.6 is 0 Å². The van der Waals surface area contributed by atoms with Crippen molar-refractivity contribution in [2.45, 2.75) is 0 Å². The summed E-state index contributed by atoms with van der Waals surface area (Å²) >= 11 is 0. The van der Waals surface area contributed by atoms with Crippen molar-refractivity contribution in [1.82, 2.24) is 19.9 Å². The van der Waals surface area contributed by atoms with E-state index in [1.54, 1.807) is 0 Å². The van der Waals surface area contributed by atoms with E-state index in [0.29, 0.717) is 17.5 Å². The molecule has 0 saturated carbocycles. The molecule has 0 unspecified atom stereocenters. The molecule has 6 heteroatoms. The Hall–Kier alpha value is -7.44. The summed E-state index contributed by atoms with van der Waals surface area (Å²) in [6.45, 7) is 0. The average Bonchev–Trinajstić information content (AvgIpc) is 3.83. The average molecular weight is 693 g/mol. The Morgan fingerprint density at radius 3 is 1.72 bits per heavy atom. The van der Waals surface area contributed by atoms with Crippen LogP contribution in [0.3, 0.4) is 0 Å². The highest BCUT2D eigenvalue weighted by Crippen LogP contribution is 2.41. The van der Waals surface area contributed by atoms with Gasteiger partial charge in [-0.05, 0) is 47.5 Å². The maximum Gasteiger partial charge on any atom is 0.164 e. The molecule has 11 aromatic rings. The van der Waals surface area contributed by atoms with Gasteiger partial charge in [0.1, 0.15) is 22.3 Å². The van der Waals surface area contributed by atoms with Gasteiger partial charge in [0.2, 0.25) is 0 Å². The van der Waals surface area contributed by atoms with Gasteiger partial charge < -0.3 is 8.83 Å². The zero-order chi connectivity index (χ0) is 35.6. The van der Waals surface area contributed by atoms with E-state index < -0.39 is 0 Å². The van der Waals surface area contributed by atoms with Crippen molar-refractivity contribution in [3.63, 3.8) is 0 Å². The predicted octanol–water partition coefficient (Wildman–Crippen LogP) is 12.6. The molecule has 252 valence electrons. The number of para-hydroxylation sites is 2. The molecule has 7 aromatic carbocycles. The Morgan fingerprint density at radius 1 is 0.333 bits per heavy atom. The molecule has 0 N–H and O–H groups in total. The van der Waals surface area contributed by atoms with Gasteiger partial charge in [-0.15, -0.1) is 0 Å². The van der Waals surface area contributed by atoms with Gasteiger partial charge in [-0.3, -0.25) is 0 Å². The summed E-state index contributed by atoms with van der Waals surface area (Å²) in [6.07, 6.45) is 0. The van der Waals surface area contributed by atoms with Crippen molar-refractivity contribution in [3.8, 4) is 56.5 Å². The molecule has 0 radical (unpaired) electrons. The molecule has 0 aliphatic carbocycles. The third-order valence-corrected chi connectivity index (χ3v) is 10.1. The Balaban J connectivity index is 1.04. The first-order chi connectivity index (χ1) is 26.7. The van der Waals surface area contributed by atoms with E-state index in [4.69, 9.17) is 28.8 Å². The molecule has 4 aromatic heterocycles. The monoisotopic (exact) mass is 692 g/mol. The molecule has 0 atom stereocenters. The van der Waals surface area contributed by atoms with Gasteiger partial charge in [0.25, 0.3) is 0 Å². The van der Waals surface area contributed by atoms with Crippen LogP contribution in [0.5, 0.6) is 0 Å². The minimum Gasteiger partial charge on any atom is -0.456 e. The molecule has 0 aliphatic rings. The lowest BCUT2D eigenvalue weighted by Crippen LogP contribution is -2.00. The number of nitrogens with zero attached hydrogens (tertiary/aromatic N) is 4. The van der Waals surface area contributed by atoms with Crippen molar-refractivity contribution in [3.05, 3.63) is 170 Å². The summed E-state index contributed by atoms with van der Waals surface area (Å²) in [4.78, 5) is 20.3. The van der Waals surface area contributed by atoms with Crippen LogP contribution in [0.15, 0.2) is 179 Å². The van der Waals surface area contributed by atoms with Crippen LogP contribution < -0.4 is 0 Å². The maximum absolute atomic E-state index is 6.57. The second-order valence-electron chi connectivity index (χ2n) is 13.4. The SMILES string of the molecule is c1ccc(-c2nc(-c3ccc(-c4ccc5oc6c7ccccc7nc(-c7ccccc7)c6c5c4)cc3)nc(-c3cccc4oc5ccccc5c34)n2)cc1. The normalized spacial score (nSPS) is 11.7. The third kappa shape index (κ3) is 4.89. The molecule has 0 saturated heterocycles. The van der Waals surface area contributed by atoms with Crippen molar-refractivity contribution in [2.75, 3.05) is 0 Å². The van der Waals surface area contributed by atoms with Crippen LogP contribution in [-0.4, -0.2) is 19.9 Å². The first-order valence-electron chi connectivity index (χ1n) is 17.9. The summed E-state index contributed by atoms with van der Waals surface area (Å²) in [6, 6.07) is 57.4. The quantitative estimate of drug-likeness (QED) is 0.179. The van der Waals surface area contributed by atoms with Crippen LogP contribution in [0.1, 0.15) is 0 Å². The minimum atomic E-state index is 0.590. The van der Waals surface area contributed by atoms with Crippen LogP contribution in [0.4, 0.5) is 0 Å². The smallest absolute Gasteiger partial charge is 0.164 e. The van der Waals surface area contributed by atoms with Gasteiger partial charge in [0.15, 0.2) is 17.5 Å². The molecule has 0 spiro atoms. The first kappa shape index (κ1) is 30.2. The third-order valence-electron chi connectivity index (χ3n) is 10.1. The molecule has 11 rings (SSSR count). The fourth-order valence-corrected chi connectivity index (χ4v) is 7.56. The van der Waals surface area contributed by atoms with E-state index in [0.717, 1.165) is 93.9 Å². The van der Waals surface area contributed by atoms with Crippen LogP contribution in [0, 0.1) is 0 Å². The topological polar surface area (TPSA) is 77.8 Å². The highest BCUT2D eigenvalue weighted by Gasteiger charge is 2.20. The van der Waals surface area contributed by atoms with Gasteiger partial charge >= 0.3 is 0 Å². The van der Waals surface area contributed by atoms with Crippen LogP contribution in [-0.2, 0) is 0 Å². The van der Waals surface area contributed by atoms with Crippen molar-refractivity contribution < 1.29 is 8.83 Å². The van der Waals surface area contributed by atoms with Gasteiger partial charge in [-0.25, -0.2) is 19.9 Å². The number of hydrogen-bond acceptors (Lipinski definition) is 6. The lowest BCUT2D eigenvalue weighted by Gasteiger charge is -2.10. The van der Waals surface area contributed by atoms with E-state index in [-0.39, 0.29) is 0 Å². The first-order valence-corrected chi connectivity index (χ1v) is 17.9. The van der Waals surface area contributed by atoms with Crippen molar-refractivity contribution >= 4 is 54.8 Å². The van der Waals surface area contributed by atoms with Crippen LogP contribution in [0.25, 0.3) is 111 Å². The number of rotatable bonds is 5. The lowest BCUT2D eigenvalue weighted by molar-refractivity contribution is 0.669. The van der Waals surface area contributed by atoms with Gasteiger partial charge in [-0.2, -0.15) is 0 Å². The van der Waals surface area contributed by atoms with Gasteiger partial charge in [-0.1, -0.05) is 133 Å². The van der Waals surface area contributed by atoms with E-state index in [2.05, 4.69) is 72.8 Å². The minimum absolute atomic E-state index is 0.590. The molecule has 6 nitrogen and oxygen atoms in total. The predicted molar refractivity (Wildman–Crippen MR) is 217 cm³/mol. The number of pyridine rings is 1. The molecule has 4 heterocycles. The van der Waals surface area contributed by atoms with E-state index in [1.807, 2.05) is 97.1 Å². The molecule has 0 bridgehead atoms. The molecule has 0 aliphatic heterocycles. The zero-order valence-corrected chi connectivity index (χ0v) is 28.8. The highest BCUT2D eigenvalue weighted by molar-refractivity contribution is 6.19. The second kappa shape index (κ2) is 12.1. The summed E-state index contributed by atoms with van der Waals surface area (Å²) in [5.74, 6) is 1.79. The summed E-state index contributed by atoms with van der Waals surface area (Å²) in [7, 11) is 0. The second-order valence-corrected chi connectivity index (χ2v) is 13.4. The van der Waals surface area contributed by atoms with E-state index in [9.17, 15) is 0 Å². The summed E-state index contributed by atoms with van der Waals surface area (Å²) in [5, 5.41) is 5.05. The Labute approximate surface area is 309 Å². The van der Waals surface area contributed by atoms with Gasteiger partial charge in [0, 0.05) is 43.8 Å². The number of benzene rings is 7. The Kier molecular flexibility index (Phi) is 6.75.